The topological polar surface area (TPSA) is 22.1 Å². The third-order valence-corrected chi connectivity index (χ3v) is 20.1. The molecule has 1 aromatic rings. The number of nitrogens with zero attached hydrogens (tertiary/aromatic N) is 1. The van der Waals surface area contributed by atoms with Crippen molar-refractivity contribution in [3.8, 4) is 5.88 Å². The number of aromatic nitrogens is 1. The van der Waals surface area contributed by atoms with E-state index in [0.29, 0.717) is 6.61 Å². The molecule has 0 saturated carbocycles. The van der Waals surface area contributed by atoms with Gasteiger partial charge in [-0.3, -0.25) is 0 Å². The Labute approximate surface area is 141 Å². The van der Waals surface area contributed by atoms with E-state index < -0.39 is 18.4 Å². The molecular formula is C19H34NOSn+. The first kappa shape index (κ1) is 19.7. The number of hydrogen-bond donors (Lipinski definition) is 0. The maximum absolute atomic E-state index is 5.52. The van der Waals surface area contributed by atoms with Gasteiger partial charge in [-0.15, -0.1) is 0 Å². The Morgan fingerprint density at radius 3 is 2.09 bits per heavy atom. The van der Waals surface area contributed by atoms with Crippen molar-refractivity contribution in [1.29, 1.82) is 0 Å². The molecular weight excluding hydrogens is 377 g/mol. The van der Waals surface area contributed by atoms with Gasteiger partial charge in [0.15, 0.2) is 0 Å². The first-order chi connectivity index (χ1) is 10.7. The monoisotopic (exact) mass is 412 g/mol. The van der Waals surface area contributed by atoms with Gasteiger partial charge in [0.1, 0.15) is 0 Å². The Morgan fingerprint density at radius 1 is 1.00 bits per heavy atom. The van der Waals surface area contributed by atoms with Gasteiger partial charge in [-0.25, -0.2) is 0 Å². The molecule has 0 aromatic carbocycles. The third kappa shape index (κ3) is 6.02. The predicted octanol–water partition coefficient (Wildman–Crippen LogP) is 5.35. The van der Waals surface area contributed by atoms with E-state index in [1.807, 2.05) is 6.92 Å². The Morgan fingerprint density at radius 2 is 1.64 bits per heavy atom. The van der Waals surface area contributed by atoms with E-state index in [-0.39, 0.29) is 0 Å². The van der Waals surface area contributed by atoms with Crippen molar-refractivity contribution in [3.63, 3.8) is 0 Å². The van der Waals surface area contributed by atoms with Crippen LogP contribution in [0.2, 0.25) is 13.3 Å². The van der Waals surface area contributed by atoms with Crippen LogP contribution in [0.5, 0.6) is 5.88 Å². The average Bonchev–Trinajstić information content (AvgIpc) is 2.56. The van der Waals surface area contributed by atoms with E-state index in [1.54, 1.807) is 3.58 Å². The molecule has 0 bridgehead atoms. The van der Waals surface area contributed by atoms with Gasteiger partial charge in [-0.2, -0.15) is 0 Å². The molecule has 0 spiro atoms. The molecule has 3 heteroatoms. The van der Waals surface area contributed by atoms with Crippen LogP contribution < -0.4 is 8.32 Å². The quantitative estimate of drug-likeness (QED) is 0.342. The van der Waals surface area contributed by atoms with Crippen LogP contribution in [0.3, 0.4) is 0 Å². The van der Waals surface area contributed by atoms with Crippen LogP contribution in [-0.2, 0) is 0 Å². The summed E-state index contributed by atoms with van der Waals surface area (Å²) in [6, 6.07) is 4.43. The van der Waals surface area contributed by atoms with Gasteiger partial charge < -0.3 is 0 Å². The zero-order valence-corrected chi connectivity index (χ0v) is 17.7. The molecule has 0 unspecified atom stereocenters. The number of rotatable bonds is 12. The fourth-order valence-electron chi connectivity index (χ4n) is 3.23. The van der Waals surface area contributed by atoms with Gasteiger partial charge >= 0.3 is 142 Å². The molecule has 22 heavy (non-hydrogen) atoms. The van der Waals surface area contributed by atoms with Crippen molar-refractivity contribution in [2.45, 2.75) is 72.6 Å². The molecule has 0 aliphatic carbocycles. The summed E-state index contributed by atoms with van der Waals surface area (Å²) in [5, 5.41) is 0. The van der Waals surface area contributed by atoms with E-state index in [2.05, 4.69) is 44.1 Å². The average molecular weight is 411 g/mol. The minimum atomic E-state index is -2.32. The molecule has 0 N–H and O–H groups in total. The molecule has 0 aliphatic heterocycles. The molecule has 124 valence electrons. The normalized spacial score (nSPS) is 11.6. The summed E-state index contributed by atoms with van der Waals surface area (Å²) in [7, 11) is 0. The van der Waals surface area contributed by atoms with Crippen molar-refractivity contribution in [2.75, 3.05) is 6.61 Å². The molecule has 1 aromatic heterocycles. The summed E-state index contributed by atoms with van der Waals surface area (Å²) >= 11 is -2.32. The fourth-order valence-corrected chi connectivity index (χ4v) is 18.6. The van der Waals surface area contributed by atoms with Crippen molar-refractivity contribution >= 4 is 22.0 Å². The summed E-state index contributed by atoms with van der Waals surface area (Å²) in [4.78, 5) is 4.57. The van der Waals surface area contributed by atoms with E-state index >= 15 is 0 Å². The summed E-state index contributed by atoms with van der Waals surface area (Å²) in [6.45, 7) is 11.4. The van der Waals surface area contributed by atoms with Crippen LogP contribution >= 0.6 is 0 Å². The Bertz CT molecular complexity index is 369. The molecule has 0 saturated heterocycles. The van der Waals surface area contributed by atoms with E-state index in [4.69, 9.17) is 4.74 Å². The summed E-state index contributed by atoms with van der Waals surface area (Å²) in [5.41, 5.74) is 0. The first-order valence-electron chi connectivity index (χ1n) is 9.11. The van der Waals surface area contributed by atoms with Gasteiger partial charge in [0, 0.05) is 0 Å². The second-order valence-corrected chi connectivity index (χ2v) is 19.5. The zero-order valence-electron chi connectivity index (χ0n) is 14.9. The number of pyridine rings is 1. The van der Waals surface area contributed by atoms with Crippen LogP contribution in [-0.4, -0.2) is 30.0 Å². The van der Waals surface area contributed by atoms with Gasteiger partial charge in [0.05, 0.1) is 0 Å². The van der Waals surface area contributed by atoms with E-state index in [0.717, 1.165) is 12.3 Å². The molecule has 1 heterocycles. The van der Waals surface area contributed by atoms with Crippen LogP contribution in [0.15, 0.2) is 18.3 Å². The van der Waals surface area contributed by atoms with Gasteiger partial charge in [0.25, 0.3) is 0 Å². The summed E-state index contributed by atoms with van der Waals surface area (Å²) in [5.74, 6) is 0.773. The van der Waals surface area contributed by atoms with Crippen molar-refractivity contribution in [1.82, 2.24) is 4.98 Å². The van der Waals surface area contributed by atoms with Crippen LogP contribution in [0.4, 0.5) is 0 Å². The maximum atomic E-state index is 5.52. The second kappa shape index (κ2) is 11.2. The Hall–Kier alpha value is -0.381. The molecule has 0 fully saturated rings. The SMILES string of the molecule is [CH2+]CC[CH2][Sn]([CH2]CCC)([CH2]CCC)[c]1ccc(OCC)nc1. The van der Waals surface area contributed by atoms with E-state index in [9.17, 15) is 0 Å². The molecule has 2 nitrogen and oxygen atoms in total. The van der Waals surface area contributed by atoms with Crippen molar-refractivity contribution < 1.29 is 4.74 Å². The first-order valence-corrected chi connectivity index (χ1v) is 16.6. The zero-order chi connectivity index (χ0) is 16.3. The minimum absolute atomic E-state index is 0.688. The van der Waals surface area contributed by atoms with Crippen LogP contribution in [0, 0.1) is 6.92 Å². The Kier molecular flexibility index (Phi) is 10.0. The van der Waals surface area contributed by atoms with E-state index in [1.165, 1.54) is 45.4 Å². The second-order valence-electron chi connectivity index (χ2n) is 6.26. The van der Waals surface area contributed by atoms with Gasteiger partial charge in [-0.05, 0) is 0 Å². The van der Waals surface area contributed by atoms with Crippen molar-refractivity contribution in [2.24, 2.45) is 0 Å². The van der Waals surface area contributed by atoms with Crippen LogP contribution in [0.25, 0.3) is 0 Å². The molecule has 1 rings (SSSR count). The number of unbranched alkanes of at least 4 members (excludes halogenated alkanes) is 3. The third-order valence-electron chi connectivity index (χ3n) is 4.56. The number of ether oxygens (including phenoxy) is 1. The van der Waals surface area contributed by atoms with Crippen LogP contribution in [0.1, 0.15) is 59.3 Å². The summed E-state index contributed by atoms with van der Waals surface area (Å²) < 4.78 is 11.5. The van der Waals surface area contributed by atoms with Gasteiger partial charge in [0.2, 0.25) is 0 Å². The molecule has 0 atom stereocenters. The molecule has 0 aliphatic rings. The molecule has 0 amide bonds. The standard InChI is InChI=1S/C7H8NO.2C4H9.C4H8.Sn/c1-2-9-7-5-3-4-6-8-7;3*1-3-4-2;/h3,5-6H,2H2,1H3;2*1,3-4H2,2H3;1-4H2;/q;;;+1;. The number of hydrogen-bond acceptors (Lipinski definition) is 2. The summed E-state index contributed by atoms with van der Waals surface area (Å²) in [6.07, 6.45) is 9.88. The predicted molar refractivity (Wildman–Crippen MR) is 99.6 cm³/mol. The van der Waals surface area contributed by atoms with Gasteiger partial charge in [-0.1, -0.05) is 0 Å². The fraction of sp³-hybridized carbons (Fsp3) is 0.684. The Balaban J connectivity index is 3.01. The van der Waals surface area contributed by atoms with Crippen molar-refractivity contribution in [3.05, 3.63) is 25.3 Å². The molecule has 0 radical (unpaired) electrons.